The van der Waals surface area contributed by atoms with Crippen LogP contribution < -0.4 is 0 Å². The van der Waals surface area contributed by atoms with Crippen LogP contribution in [-0.2, 0) is 11.2 Å². The van der Waals surface area contributed by atoms with Gasteiger partial charge in [-0.05, 0) is 19.8 Å². The summed E-state index contributed by atoms with van der Waals surface area (Å²) >= 11 is 0. The lowest BCUT2D eigenvalue weighted by Crippen LogP contribution is -2.14. The van der Waals surface area contributed by atoms with Crippen molar-refractivity contribution in [3.05, 3.63) is 23.0 Å². The topological polar surface area (TPSA) is 59.2 Å². The zero-order valence-corrected chi connectivity index (χ0v) is 8.63. The van der Waals surface area contributed by atoms with Crippen LogP contribution in [0.3, 0.4) is 0 Å². The fourth-order valence-corrected chi connectivity index (χ4v) is 1.90. The number of aromatic nitrogens is 1. The van der Waals surface area contributed by atoms with E-state index in [0.717, 1.165) is 18.5 Å². The Bertz CT molecular complexity index is 406. The Hall–Kier alpha value is -1.58. The van der Waals surface area contributed by atoms with Crippen LogP contribution in [-0.4, -0.2) is 23.3 Å². The smallest absolute Gasteiger partial charge is 0.340 e. The lowest BCUT2D eigenvalue weighted by atomic mass is 9.94. The molecule has 0 spiro atoms. The molecule has 1 aromatic heterocycles. The fraction of sp³-hybridized carbons (Fsp3) is 0.455. The highest BCUT2D eigenvalue weighted by Gasteiger charge is 2.26. The monoisotopic (exact) mass is 207 g/mol. The van der Waals surface area contributed by atoms with Gasteiger partial charge in [-0.25, -0.2) is 4.79 Å². The van der Waals surface area contributed by atoms with Crippen LogP contribution in [0, 0.1) is 0 Å². The van der Waals surface area contributed by atoms with Gasteiger partial charge < -0.3 is 9.72 Å². The summed E-state index contributed by atoms with van der Waals surface area (Å²) in [6.07, 6.45) is 3.79. The van der Waals surface area contributed by atoms with Gasteiger partial charge in [-0.3, -0.25) is 4.79 Å². The van der Waals surface area contributed by atoms with Crippen molar-refractivity contribution in [3.63, 3.8) is 0 Å². The molecule has 0 amide bonds. The van der Waals surface area contributed by atoms with Crippen molar-refractivity contribution in [1.82, 2.24) is 4.98 Å². The number of hydrogen-bond donors (Lipinski definition) is 1. The summed E-state index contributed by atoms with van der Waals surface area (Å²) in [5.41, 5.74) is 1.80. The predicted octanol–water partition coefficient (Wildman–Crippen LogP) is 1.71. The van der Waals surface area contributed by atoms with Crippen molar-refractivity contribution in [2.24, 2.45) is 0 Å². The summed E-state index contributed by atoms with van der Waals surface area (Å²) in [6, 6.07) is 0. The molecule has 0 atom stereocenters. The van der Waals surface area contributed by atoms with Gasteiger partial charge in [0.2, 0.25) is 0 Å². The van der Waals surface area contributed by atoms with Gasteiger partial charge in [-0.2, -0.15) is 0 Å². The first-order valence-corrected chi connectivity index (χ1v) is 5.14. The molecule has 0 fully saturated rings. The Balaban J connectivity index is 2.37. The molecule has 1 aliphatic rings. The van der Waals surface area contributed by atoms with E-state index in [1.54, 1.807) is 13.1 Å². The molecule has 80 valence electrons. The molecule has 0 radical (unpaired) electrons. The van der Waals surface area contributed by atoms with Crippen molar-refractivity contribution < 1.29 is 14.3 Å². The number of aryl methyl sites for hydroxylation is 1. The fourth-order valence-electron chi connectivity index (χ4n) is 1.90. The molecule has 0 saturated carbocycles. The van der Waals surface area contributed by atoms with Crippen molar-refractivity contribution in [2.75, 3.05) is 6.61 Å². The number of fused-ring (bicyclic) bond motifs is 1. The average molecular weight is 207 g/mol. The maximum absolute atomic E-state index is 11.6. The van der Waals surface area contributed by atoms with Crippen LogP contribution in [0.4, 0.5) is 0 Å². The van der Waals surface area contributed by atoms with Crippen LogP contribution in [0.15, 0.2) is 6.20 Å². The van der Waals surface area contributed by atoms with Crippen molar-refractivity contribution >= 4 is 11.8 Å². The van der Waals surface area contributed by atoms with Crippen molar-refractivity contribution in [1.29, 1.82) is 0 Å². The Morgan fingerprint density at radius 3 is 3.07 bits per heavy atom. The molecule has 1 aliphatic carbocycles. The first-order chi connectivity index (χ1) is 7.24. The van der Waals surface area contributed by atoms with E-state index in [-0.39, 0.29) is 5.78 Å². The molecule has 1 aromatic rings. The van der Waals surface area contributed by atoms with Crippen molar-refractivity contribution in [2.45, 2.75) is 26.2 Å². The third kappa shape index (κ3) is 1.67. The van der Waals surface area contributed by atoms with Gasteiger partial charge in [-0.1, -0.05) is 0 Å². The summed E-state index contributed by atoms with van der Waals surface area (Å²) in [6.45, 7) is 2.08. The Kier molecular flexibility index (Phi) is 2.58. The normalized spacial score (nSPS) is 14.9. The first kappa shape index (κ1) is 9.96. The van der Waals surface area contributed by atoms with Crippen LogP contribution >= 0.6 is 0 Å². The third-order valence-corrected chi connectivity index (χ3v) is 2.57. The number of nitrogens with one attached hydrogen (secondary N) is 1. The highest BCUT2D eigenvalue weighted by molar-refractivity contribution is 6.07. The Morgan fingerprint density at radius 1 is 1.53 bits per heavy atom. The summed E-state index contributed by atoms with van der Waals surface area (Å²) < 4.78 is 4.89. The van der Waals surface area contributed by atoms with E-state index < -0.39 is 5.97 Å². The first-order valence-electron chi connectivity index (χ1n) is 5.14. The number of Topliss-reactive ketones (excluding diaryl/α,β-unsaturated/α-hetero) is 1. The number of aromatic amines is 1. The minimum Gasteiger partial charge on any atom is -0.462 e. The number of H-pyrrole nitrogens is 1. The number of rotatable bonds is 2. The standard InChI is InChI=1S/C11H13NO3/c1-2-15-11(14)7-6-12-8-4-3-5-9(13)10(7)8/h6,12H,2-5H2,1H3. The molecular formula is C11H13NO3. The van der Waals surface area contributed by atoms with E-state index in [1.807, 2.05) is 0 Å². The maximum atomic E-state index is 11.6. The molecule has 1 heterocycles. The predicted molar refractivity (Wildman–Crippen MR) is 54.0 cm³/mol. The number of ether oxygens (including phenoxy) is 1. The number of carbonyl (C=O) groups is 2. The molecule has 1 N–H and O–H groups in total. The number of hydrogen-bond acceptors (Lipinski definition) is 3. The molecule has 0 aliphatic heterocycles. The lowest BCUT2D eigenvalue weighted by molar-refractivity contribution is 0.0523. The minimum absolute atomic E-state index is 0.0422. The summed E-state index contributed by atoms with van der Waals surface area (Å²) in [5.74, 6) is -0.370. The number of esters is 1. The van der Waals surface area contributed by atoms with Gasteiger partial charge in [0.1, 0.15) is 0 Å². The van der Waals surface area contributed by atoms with Crippen LogP contribution in [0.1, 0.15) is 46.2 Å². The molecule has 0 aromatic carbocycles. The van der Waals surface area contributed by atoms with E-state index in [1.165, 1.54) is 0 Å². The highest BCUT2D eigenvalue weighted by atomic mass is 16.5. The lowest BCUT2D eigenvalue weighted by Gasteiger charge is -2.10. The van der Waals surface area contributed by atoms with Crippen molar-refractivity contribution in [3.8, 4) is 0 Å². The second kappa shape index (κ2) is 3.88. The number of ketones is 1. The van der Waals surface area contributed by atoms with Gasteiger partial charge in [-0.15, -0.1) is 0 Å². The molecule has 4 heteroatoms. The van der Waals surface area contributed by atoms with E-state index in [0.29, 0.717) is 24.2 Å². The van der Waals surface area contributed by atoms with Gasteiger partial charge in [0.25, 0.3) is 0 Å². The molecule has 0 saturated heterocycles. The van der Waals surface area contributed by atoms with E-state index >= 15 is 0 Å². The van der Waals surface area contributed by atoms with E-state index in [4.69, 9.17) is 4.74 Å². The highest BCUT2D eigenvalue weighted by Crippen LogP contribution is 2.24. The van der Waals surface area contributed by atoms with Gasteiger partial charge in [0.15, 0.2) is 5.78 Å². The van der Waals surface area contributed by atoms with Crippen LogP contribution in [0.2, 0.25) is 0 Å². The molecule has 4 nitrogen and oxygen atoms in total. The SMILES string of the molecule is CCOC(=O)c1c[nH]c2c1C(=O)CCC2. The zero-order chi connectivity index (χ0) is 10.8. The van der Waals surface area contributed by atoms with Crippen LogP contribution in [0.25, 0.3) is 0 Å². The zero-order valence-electron chi connectivity index (χ0n) is 8.63. The molecule has 2 rings (SSSR count). The second-order valence-corrected chi connectivity index (χ2v) is 3.55. The van der Waals surface area contributed by atoms with E-state index in [2.05, 4.69) is 4.98 Å². The van der Waals surface area contributed by atoms with Crippen LogP contribution in [0.5, 0.6) is 0 Å². The summed E-state index contributed by atoms with van der Waals surface area (Å²) in [5, 5.41) is 0. The van der Waals surface area contributed by atoms with Gasteiger partial charge in [0, 0.05) is 18.3 Å². The largest absolute Gasteiger partial charge is 0.462 e. The molecule has 15 heavy (non-hydrogen) atoms. The Morgan fingerprint density at radius 2 is 2.33 bits per heavy atom. The molecule has 0 bridgehead atoms. The average Bonchev–Trinajstić information content (AvgIpc) is 2.63. The van der Waals surface area contributed by atoms with Gasteiger partial charge >= 0.3 is 5.97 Å². The summed E-state index contributed by atoms with van der Waals surface area (Å²) in [4.78, 5) is 26.2. The second-order valence-electron chi connectivity index (χ2n) is 3.55. The molecular weight excluding hydrogens is 194 g/mol. The van der Waals surface area contributed by atoms with E-state index in [9.17, 15) is 9.59 Å². The number of carbonyl (C=O) groups excluding carboxylic acids is 2. The molecule has 0 unspecified atom stereocenters. The Labute approximate surface area is 87.6 Å². The summed E-state index contributed by atoms with van der Waals surface area (Å²) in [7, 11) is 0. The quantitative estimate of drug-likeness (QED) is 0.751. The third-order valence-electron chi connectivity index (χ3n) is 2.57. The maximum Gasteiger partial charge on any atom is 0.340 e. The minimum atomic E-state index is -0.412. The van der Waals surface area contributed by atoms with Gasteiger partial charge in [0.05, 0.1) is 17.7 Å².